The Balaban J connectivity index is 2.43. The van der Waals surface area contributed by atoms with Crippen molar-refractivity contribution < 1.29 is 14.6 Å². The van der Waals surface area contributed by atoms with E-state index in [2.05, 4.69) is 6.92 Å². The summed E-state index contributed by atoms with van der Waals surface area (Å²) in [7, 11) is 0. The minimum atomic E-state index is -0.896. The highest BCUT2D eigenvalue weighted by atomic mass is 32.2. The lowest BCUT2D eigenvalue weighted by molar-refractivity contribution is 0.0695. The van der Waals surface area contributed by atoms with Crippen LogP contribution in [-0.4, -0.2) is 22.9 Å². The van der Waals surface area contributed by atoms with Crippen LogP contribution in [0.3, 0.4) is 0 Å². The molecule has 1 aromatic carbocycles. The van der Waals surface area contributed by atoms with E-state index in [1.165, 1.54) is 0 Å². The van der Waals surface area contributed by atoms with Crippen molar-refractivity contribution in [2.45, 2.75) is 31.3 Å². The molecule has 1 atom stereocenters. The molecule has 1 N–H and O–H groups in total. The molecule has 3 nitrogen and oxygen atoms in total. The number of rotatable bonds is 2. The first kappa shape index (κ1) is 11.3. The largest absolute Gasteiger partial charge is 0.488 e. The first-order valence-electron chi connectivity index (χ1n) is 5.29. The monoisotopic (exact) mass is 238 g/mol. The van der Waals surface area contributed by atoms with Crippen molar-refractivity contribution >= 4 is 17.7 Å². The molecule has 16 heavy (non-hydrogen) atoms. The predicted octanol–water partition coefficient (Wildman–Crippen LogP) is 2.96. The number of carboxylic acid groups (broad SMARTS) is 1. The van der Waals surface area contributed by atoms with E-state index in [1.54, 1.807) is 24.8 Å². The summed E-state index contributed by atoms with van der Waals surface area (Å²) >= 11 is 1.74. The van der Waals surface area contributed by atoms with Gasteiger partial charge >= 0.3 is 5.97 Å². The summed E-state index contributed by atoms with van der Waals surface area (Å²) in [6.07, 6.45) is 1.14. The fourth-order valence-electron chi connectivity index (χ4n) is 1.74. The summed E-state index contributed by atoms with van der Waals surface area (Å²) < 4.78 is 5.82. The van der Waals surface area contributed by atoms with Crippen LogP contribution < -0.4 is 4.74 Å². The van der Waals surface area contributed by atoms with E-state index in [4.69, 9.17) is 9.84 Å². The second kappa shape index (κ2) is 4.37. The maximum Gasteiger partial charge on any atom is 0.336 e. The zero-order valence-electron chi connectivity index (χ0n) is 9.32. The van der Waals surface area contributed by atoms with Crippen molar-refractivity contribution in [1.29, 1.82) is 0 Å². The maximum atomic E-state index is 11.0. The molecule has 1 unspecified atom stereocenters. The zero-order valence-corrected chi connectivity index (χ0v) is 10.1. The Bertz CT molecular complexity index is 429. The second-order valence-corrected chi connectivity index (χ2v) is 4.89. The molecule has 0 fully saturated rings. The molecule has 1 aromatic rings. The van der Waals surface area contributed by atoms with Crippen LogP contribution in [0.4, 0.5) is 0 Å². The number of carboxylic acids is 1. The molecule has 0 saturated heterocycles. The second-order valence-electron chi connectivity index (χ2n) is 3.83. The molecule has 1 aliphatic heterocycles. The van der Waals surface area contributed by atoms with E-state index in [0.717, 1.165) is 28.4 Å². The fourth-order valence-corrected chi connectivity index (χ4v) is 2.91. The van der Waals surface area contributed by atoms with Crippen molar-refractivity contribution in [3.05, 3.63) is 23.3 Å². The smallest absolute Gasteiger partial charge is 0.336 e. The molecule has 1 aliphatic rings. The normalized spacial score (nSPS) is 18.8. The highest BCUT2D eigenvalue weighted by molar-refractivity contribution is 7.99. The molecule has 4 heteroatoms. The number of carbonyl (C=O) groups is 1. The van der Waals surface area contributed by atoms with E-state index in [9.17, 15) is 4.79 Å². The first-order valence-corrected chi connectivity index (χ1v) is 6.28. The van der Waals surface area contributed by atoms with E-state index < -0.39 is 5.97 Å². The Hall–Kier alpha value is -1.16. The number of thioether (sulfide) groups is 1. The summed E-state index contributed by atoms with van der Waals surface area (Å²) in [6.45, 7) is 3.88. The van der Waals surface area contributed by atoms with E-state index >= 15 is 0 Å². The summed E-state index contributed by atoms with van der Waals surface area (Å²) in [6, 6.07) is 3.49. The van der Waals surface area contributed by atoms with Crippen LogP contribution in [0.15, 0.2) is 17.0 Å². The van der Waals surface area contributed by atoms with Crippen molar-refractivity contribution in [3.63, 3.8) is 0 Å². The third-order valence-electron chi connectivity index (χ3n) is 2.76. The fraction of sp³-hybridized carbons (Fsp3) is 0.417. The SMILES string of the molecule is CCC1CSc2ccc(C(=O)O)c(C)c2O1. The summed E-state index contributed by atoms with van der Waals surface area (Å²) in [4.78, 5) is 12.0. The Morgan fingerprint density at radius 2 is 2.38 bits per heavy atom. The van der Waals surface area contributed by atoms with Crippen molar-refractivity contribution in [3.8, 4) is 5.75 Å². The van der Waals surface area contributed by atoms with Gasteiger partial charge in [-0.15, -0.1) is 11.8 Å². The lowest BCUT2D eigenvalue weighted by atomic mass is 10.1. The van der Waals surface area contributed by atoms with Crippen LogP contribution >= 0.6 is 11.8 Å². The van der Waals surface area contributed by atoms with Crippen LogP contribution in [0, 0.1) is 6.92 Å². The van der Waals surface area contributed by atoms with Gasteiger partial charge in [0.2, 0.25) is 0 Å². The van der Waals surface area contributed by atoms with E-state index in [1.807, 2.05) is 6.07 Å². The van der Waals surface area contributed by atoms with Gasteiger partial charge in [-0.1, -0.05) is 6.92 Å². The van der Waals surface area contributed by atoms with Gasteiger partial charge in [-0.2, -0.15) is 0 Å². The molecular formula is C12H14O3S. The third-order valence-corrected chi connectivity index (χ3v) is 3.94. The third kappa shape index (κ3) is 1.89. The lowest BCUT2D eigenvalue weighted by Gasteiger charge is -2.26. The van der Waals surface area contributed by atoms with E-state index in [0.29, 0.717) is 5.56 Å². The molecule has 0 radical (unpaired) electrons. The van der Waals surface area contributed by atoms with Gasteiger partial charge in [-0.05, 0) is 25.5 Å². The Morgan fingerprint density at radius 3 is 3.00 bits per heavy atom. The van der Waals surface area contributed by atoms with Gasteiger partial charge in [-0.3, -0.25) is 0 Å². The number of ether oxygens (including phenoxy) is 1. The average Bonchev–Trinajstić information content (AvgIpc) is 2.28. The Kier molecular flexibility index (Phi) is 3.10. The number of fused-ring (bicyclic) bond motifs is 1. The molecule has 0 saturated carbocycles. The molecule has 1 heterocycles. The Morgan fingerprint density at radius 1 is 1.62 bits per heavy atom. The van der Waals surface area contributed by atoms with Crippen LogP contribution in [0.5, 0.6) is 5.75 Å². The highest BCUT2D eigenvalue weighted by Crippen LogP contribution is 2.39. The predicted molar refractivity (Wildman–Crippen MR) is 63.6 cm³/mol. The van der Waals surface area contributed by atoms with Gasteiger partial charge in [0.15, 0.2) is 0 Å². The zero-order chi connectivity index (χ0) is 11.7. The van der Waals surface area contributed by atoms with Crippen LogP contribution in [0.25, 0.3) is 0 Å². The minimum Gasteiger partial charge on any atom is -0.488 e. The number of aromatic carboxylic acids is 1. The van der Waals surface area contributed by atoms with Crippen LogP contribution in [0.2, 0.25) is 0 Å². The average molecular weight is 238 g/mol. The summed E-state index contributed by atoms with van der Waals surface area (Å²) in [5.74, 6) is 0.797. The van der Waals surface area contributed by atoms with Crippen LogP contribution in [-0.2, 0) is 0 Å². The maximum absolute atomic E-state index is 11.0. The quantitative estimate of drug-likeness (QED) is 0.860. The van der Waals surface area contributed by atoms with E-state index in [-0.39, 0.29) is 6.10 Å². The van der Waals surface area contributed by atoms with Gasteiger partial charge in [0.1, 0.15) is 11.9 Å². The summed E-state index contributed by atoms with van der Waals surface area (Å²) in [5.41, 5.74) is 1.06. The first-order chi connectivity index (χ1) is 7.63. The van der Waals surface area contributed by atoms with Gasteiger partial charge in [0.25, 0.3) is 0 Å². The minimum absolute atomic E-state index is 0.195. The highest BCUT2D eigenvalue weighted by Gasteiger charge is 2.23. The van der Waals surface area contributed by atoms with Crippen LogP contribution in [0.1, 0.15) is 29.3 Å². The van der Waals surface area contributed by atoms with Gasteiger partial charge < -0.3 is 9.84 Å². The van der Waals surface area contributed by atoms with Crippen molar-refractivity contribution in [1.82, 2.24) is 0 Å². The molecule has 0 aliphatic carbocycles. The topological polar surface area (TPSA) is 46.5 Å². The molecule has 0 aromatic heterocycles. The number of hydrogen-bond acceptors (Lipinski definition) is 3. The molecule has 0 spiro atoms. The summed E-state index contributed by atoms with van der Waals surface area (Å²) in [5, 5.41) is 9.03. The Labute approximate surface area is 98.8 Å². The number of hydrogen-bond donors (Lipinski definition) is 1. The van der Waals surface area contributed by atoms with Crippen molar-refractivity contribution in [2.75, 3.05) is 5.75 Å². The lowest BCUT2D eigenvalue weighted by Crippen LogP contribution is -2.23. The molecule has 0 bridgehead atoms. The molecule has 0 amide bonds. The molecule has 2 rings (SSSR count). The number of benzene rings is 1. The van der Waals surface area contributed by atoms with Gasteiger partial charge in [-0.25, -0.2) is 4.79 Å². The van der Waals surface area contributed by atoms with Gasteiger partial charge in [0, 0.05) is 16.2 Å². The van der Waals surface area contributed by atoms with Gasteiger partial charge in [0.05, 0.1) is 5.56 Å². The van der Waals surface area contributed by atoms with Crippen molar-refractivity contribution in [2.24, 2.45) is 0 Å². The molecular weight excluding hydrogens is 224 g/mol. The molecule has 86 valence electrons. The standard InChI is InChI=1S/C12H14O3S/c1-3-8-6-16-10-5-4-9(12(13)14)7(2)11(10)15-8/h4-5,8H,3,6H2,1-2H3,(H,13,14).